The van der Waals surface area contributed by atoms with E-state index in [0.717, 1.165) is 0 Å². The highest BCUT2D eigenvalue weighted by Crippen LogP contribution is 2.30. The summed E-state index contributed by atoms with van der Waals surface area (Å²) >= 11 is 17.5. The van der Waals surface area contributed by atoms with Crippen molar-refractivity contribution in [1.82, 2.24) is 0 Å². The number of halogens is 3. The number of rotatable bonds is 1. The Balaban J connectivity index is 3.10. The highest BCUT2D eigenvalue weighted by atomic mass is 35.5. The molecule has 0 unspecified atom stereocenters. The van der Waals surface area contributed by atoms with Crippen LogP contribution in [-0.2, 0) is 4.74 Å². The summed E-state index contributed by atoms with van der Waals surface area (Å²) in [5.41, 5.74) is -0.453. The lowest BCUT2D eigenvalue weighted by Crippen LogP contribution is -2.24. The smallest absolute Gasteiger partial charge is 0.341 e. The minimum Gasteiger partial charge on any atom is -0.456 e. The first-order valence-corrected chi connectivity index (χ1v) is 5.72. The Morgan fingerprint density at radius 3 is 1.94 bits per heavy atom. The van der Waals surface area contributed by atoms with Crippen molar-refractivity contribution in [3.05, 3.63) is 32.8 Å². The molecule has 1 rings (SSSR count). The van der Waals surface area contributed by atoms with E-state index in [1.807, 2.05) is 0 Å². The lowest BCUT2D eigenvalue weighted by atomic mass is 10.1. The maximum atomic E-state index is 11.8. The van der Waals surface area contributed by atoms with Gasteiger partial charge in [-0.15, -0.1) is 0 Å². The van der Waals surface area contributed by atoms with Crippen molar-refractivity contribution in [3.63, 3.8) is 0 Å². The van der Waals surface area contributed by atoms with Crippen molar-refractivity contribution < 1.29 is 9.53 Å². The van der Waals surface area contributed by atoms with Gasteiger partial charge in [0.15, 0.2) is 0 Å². The van der Waals surface area contributed by atoms with Crippen molar-refractivity contribution in [1.29, 1.82) is 0 Å². The van der Waals surface area contributed by atoms with Gasteiger partial charge in [-0.05, 0) is 32.9 Å². The van der Waals surface area contributed by atoms with E-state index in [1.165, 1.54) is 12.1 Å². The average Bonchev–Trinajstić information content (AvgIpc) is 1.96. The number of hydrogen-bond acceptors (Lipinski definition) is 2. The van der Waals surface area contributed by atoms with E-state index in [9.17, 15) is 4.79 Å². The molecule has 0 saturated carbocycles. The van der Waals surface area contributed by atoms with Crippen LogP contribution in [0.15, 0.2) is 12.1 Å². The molecule has 0 amide bonds. The Hall–Kier alpha value is -0.440. The first kappa shape index (κ1) is 13.6. The predicted octanol–water partition coefficient (Wildman–Crippen LogP) is 4.60. The molecule has 0 bridgehead atoms. The summed E-state index contributed by atoms with van der Waals surface area (Å²) in [5.74, 6) is -0.556. The first-order valence-electron chi connectivity index (χ1n) is 4.58. The van der Waals surface area contributed by atoms with Gasteiger partial charge in [0, 0.05) is 5.02 Å². The molecule has 0 atom stereocenters. The van der Waals surface area contributed by atoms with Gasteiger partial charge in [-0.25, -0.2) is 4.79 Å². The highest BCUT2D eigenvalue weighted by Gasteiger charge is 2.22. The van der Waals surface area contributed by atoms with Crippen LogP contribution in [-0.4, -0.2) is 11.6 Å². The summed E-state index contributed by atoms with van der Waals surface area (Å²) in [6, 6.07) is 2.91. The van der Waals surface area contributed by atoms with Gasteiger partial charge >= 0.3 is 5.97 Å². The van der Waals surface area contributed by atoms with E-state index < -0.39 is 11.6 Å². The fraction of sp³-hybridized carbons (Fsp3) is 0.364. The molecular formula is C11H11Cl3O2. The van der Waals surface area contributed by atoms with Crippen LogP contribution in [0.5, 0.6) is 0 Å². The van der Waals surface area contributed by atoms with E-state index in [2.05, 4.69) is 0 Å². The van der Waals surface area contributed by atoms with Crippen LogP contribution in [0.3, 0.4) is 0 Å². The standard InChI is InChI=1S/C11H11Cl3O2/c1-11(2,3)16-10(15)9-7(13)4-6(12)5-8(9)14/h4-5H,1-3H3. The van der Waals surface area contributed by atoms with E-state index in [0.29, 0.717) is 5.02 Å². The van der Waals surface area contributed by atoms with Crippen LogP contribution in [0.2, 0.25) is 15.1 Å². The molecule has 0 radical (unpaired) electrons. The first-order chi connectivity index (χ1) is 7.20. The SMILES string of the molecule is CC(C)(C)OC(=O)c1c(Cl)cc(Cl)cc1Cl. The Bertz CT molecular complexity index is 399. The second kappa shape index (κ2) is 4.82. The van der Waals surface area contributed by atoms with Crippen molar-refractivity contribution in [2.24, 2.45) is 0 Å². The molecule has 0 aliphatic heterocycles. The zero-order valence-corrected chi connectivity index (χ0v) is 11.4. The number of ether oxygens (including phenoxy) is 1. The molecule has 16 heavy (non-hydrogen) atoms. The number of hydrogen-bond donors (Lipinski definition) is 0. The second-order valence-corrected chi connectivity index (χ2v) is 5.50. The lowest BCUT2D eigenvalue weighted by Gasteiger charge is -2.20. The van der Waals surface area contributed by atoms with Gasteiger partial charge in [0.2, 0.25) is 0 Å². The van der Waals surface area contributed by atoms with Gasteiger partial charge in [0.05, 0.1) is 15.6 Å². The Morgan fingerprint density at radius 2 is 1.56 bits per heavy atom. The van der Waals surface area contributed by atoms with Gasteiger partial charge in [0.25, 0.3) is 0 Å². The van der Waals surface area contributed by atoms with Gasteiger partial charge in [-0.1, -0.05) is 34.8 Å². The Labute approximate surface area is 109 Å². The third-order valence-electron chi connectivity index (χ3n) is 1.61. The van der Waals surface area contributed by atoms with Crippen molar-refractivity contribution in [2.75, 3.05) is 0 Å². The van der Waals surface area contributed by atoms with E-state index in [1.54, 1.807) is 20.8 Å². The highest BCUT2D eigenvalue weighted by molar-refractivity contribution is 6.41. The molecule has 0 N–H and O–H groups in total. The molecule has 0 heterocycles. The molecule has 2 nitrogen and oxygen atoms in total. The van der Waals surface area contributed by atoms with Gasteiger partial charge < -0.3 is 4.74 Å². The van der Waals surface area contributed by atoms with E-state index in [-0.39, 0.29) is 15.6 Å². The Kier molecular flexibility index (Phi) is 4.11. The summed E-state index contributed by atoms with van der Waals surface area (Å²) in [5, 5.41) is 0.751. The van der Waals surface area contributed by atoms with Crippen molar-refractivity contribution >= 4 is 40.8 Å². The number of benzene rings is 1. The molecule has 1 aromatic rings. The molecule has 88 valence electrons. The quantitative estimate of drug-likeness (QED) is 0.703. The van der Waals surface area contributed by atoms with Gasteiger partial charge in [-0.3, -0.25) is 0 Å². The van der Waals surface area contributed by atoms with Crippen LogP contribution < -0.4 is 0 Å². The monoisotopic (exact) mass is 280 g/mol. The van der Waals surface area contributed by atoms with E-state index in [4.69, 9.17) is 39.5 Å². The van der Waals surface area contributed by atoms with Crippen LogP contribution in [0.25, 0.3) is 0 Å². The minimum absolute atomic E-state index is 0.141. The van der Waals surface area contributed by atoms with E-state index >= 15 is 0 Å². The van der Waals surface area contributed by atoms with Crippen LogP contribution >= 0.6 is 34.8 Å². The molecule has 0 saturated heterocycles. The molecule has 1 aromatic carbocycles. The maximum absolute atomic E-state index is 11.8. The third-order valence-corrected chi connectivity index (χ3v) is 2.42. The molecule has 0 fully saturated rings. The molecule has 5 heteroatoms. The minimum atomic E-state index is -0.594. The number of esters is 1. The second-order valence-electron chi connectivity index (χ2n) is 4.25. The molecule has 0 aliphatic rings. The maximum Gasteiger partial charge on any atom is 0.341 e. The zero-order valence-electron chi connectivity index (χ0n) is 9.11. The zero-order chi connectivity index (χ0) is 12.5. The summed E-state index contributed by atoms with van der Waals surface area (Å²) < 4.78 is 5.17. The van der Waals surface area contributed by atoms with Gasteiger partial charge in [0.1, 0.15) is 5.60 Å². The third kappa shape index (κ3) is 3.55. The topological polar surface area (TPSA) is 26.3 Å². The largest absolute Gasteiger partial charge is 0.456 e. The Morgan fingerprint density at radius 1 is 1.12 bits per heavy atom. The molecule has 0 spiro atoms. The fourth-order valence-electron chi connectivity index (χ4n) is 1.07. The van der Waals surface area contributed by atoms with Crippen LogP contribution in [0.1, 0.15) is 31.1 Å². The summed E-state index contributed by atoms with van der Waals surface area (Å²) in [4.78, 5) is 11.8. The normalized spacial score (nSPS) is 11.4. The predicted molar refractivity (Wildman–Crippen MR) is 66.6 cm³/mol. The fourth-order valence-corrected chi connectivity index (χ4v) is 2.04. The average molecular weight is 282 g/mol. The van der Waals surface area contributed by atoms with Crippen LogP contribution in [0.4, 0.5) is 0 Å². The summed E-state index contributed by atoms with van der Waals surface area (Å²) in [6.07, 6.45) is 0. The molecular weight excluding hydrogens is 270 g/mol. The summed E-state index contributed by atoms with van der Waals surface area (Å²) in [7, 11) is 0. The lowest BCUT2D eigenvalue weighted by molar-refractivity contribution is 0.00700. The van der Waals surface area contributed by atoms with Crippen LogP contribution in [0, 0.1) is 0 Å². The van der Waals surface area contributed by atoms with Gasteiger partial charge in [-0.2, -0.15) is 0 Å². The molecule has 0 aliphatic carbocycles. The summed E-state index contributed by atoms with van der Waals surface area (Å²) in [6.45, 7) is 5.30. The molecule has 0 aromatic heterocycles. The number of carbonyl (C=O) groups is 1. The number of carbonyl (C=O) groups excluding carboxylic acids is 1. The van der Waals surface area contributed by atoms with Crippen molar-refractivity contribution in [2.45, 2.75) is 26.4 Å². The van der Waals surface area contributed by atoms with Crippen molar-refractivity contribution in [3.8, 4) is 0 Å².